The molecule has 0 saturated carbocycles. The lowest BCUT2D eigenvalue weighted by Gasteiger charge is -2.34. The highest BCUT2D eigenvalue weighted by atomic mass is 32.1. The third-order valence-electron chi connectivity index (χ3n) is 3.81. The van der Waals surface area contributed by atoms with E-state index in [1.807, 2.05) is 6.07 Å². The maximum atomic E-state index is 9.71. The Hall–Kier alpha value is -1.63. The van der Waals surface area contributed by atoms with Crippen LogP contribution in [0.1, 0.15) is 28.8 Å². The maximum Gasteiger partial charge on any atom is 0.132 e. The second kappa shape index (κ2) is 5.16. The Morgan fingerprint density at radius 3 is 2.95 bits per heavy atom. The number of nitrogens with zero attached hydrogens (tertiary/aromatic N) is 1. The van der Waals surface area contributed by atoms with Crippen LogP contribution in [0.25, 0.3) is 0 Å². The summed E-state index contributed by atoms with van der Waals surface area (Å²) < 4.78 is 0. The second-order valence-electron chi connectivity index (χ2n) is 4.96. The summed E-state index contributed by atoms with van der Waals surface area (Å²) >= 11 is 1.73. The first kappa shape index (κ1) is 12.4. The fourth-order valence-corrected chi connectivity index (χ4v) is 3.47. The van der Waals surface area contributed by atoms with E-state index in [2.05, 4.69) is 47.1 Å². The minimum Gasteiger partial charge on any atom is -0.291 e. The van der Waals surface area contributed by atoms with Gasteiger partial charge in [-0.25, -0.2) is 0 Å². The summed E-state index contributed by atoms with van der Waals surface area (Å²) in [5, 5.41) is 15.3. The van der Waals surface area contributed by atoms with Crippen LogP contribution >= 0.6 is 11.3 Å². The van der Waals surface area contributed by atoms with Crippen molar-refractivity contribution in [2.75, 3.05) is 0 Å². The van der Waals surface area contributed by atoms with Gasteiger partial charge in [-0.05, 0) is 41.8 Å². The molecule has 1 aliphatic rings. The average molecular weight is 268 g/mol. The van der Waals surface area contributed by atoms with E-state index in [1.165, 1.54) is 16.0 Å². The number of nitrogens with one attached hydrogen (secondary N) is 1. The standard InChI is InChI=1S/C16H16N2S/c17-12-16(18-11-14-7-4-10-19-14)9-3-6-13-5-1-2-8-15(13)16/h1-2,4-5,7-8,10,18H,3,6,9,11H2. The van der Waals surface area contributed by atoms with Gasteiger partial charge in [-0.2, -0.15) is 5.26 Å². The lowest BCUT2D eigenvalue weighted by Crippen LogP contribution is -2.43. The van der Waals surface area contributed by atoms with Crippen molar-refractivity contribution in [3.05, 3.63) is 57.8 Å². The SMILES string of the molecule is N#CC1(NCc2cccs2)CCCc2ccccc21. The van der Waals surface area contributed by atoms with Crippen molar-refractivity contribution in [3.63, 3.8) is 0 Å². The van der Waals surface area contributed by atoms with Gasteiger partial charge < -0.3 is 0 Å². The minimum absolute atomic E-state index is 0.515. The Balaban J connectivity index is 1.90. The summed E-state index contributed by atoms with van der Waals surface area (Å²) in [7, 11) is 0. The number of rotatable bonds is 3. The number of aryl methyl sites for hydroxylation is 1. The largest absolute Gasteiger partial charge is 0.291 e. The van der Waals surface area contributed by atoms with Gasteiger partial charge in [-0.1, -0.05) is 30.3 Å². The van der Waals surface area contributed by atoms with Gasteiger partial charge in [0.25, 0.3) is 0 Å². The van der Waals surface area contributed by atoms with Crippen LogP contribution < -0.4 is 5.32 Å². The summed E-state index contributed by atoms with van der Waals surface area (Å²) in [6.07, 6.45) is 3.05. The molecule has 1 N–H and O–H groups in total. The van der Waals surface area contributed by atoms with Gasteiger partial charge in [0, 0.05) is 11.4 Å². The van der Waals surface area contributed by atoms with Crippen LogP contribution in [0.3, 0.4) is 0 Å². The molecule has 1 aromatic carbocycles. The first-order valence-corrected chi connectivity index (χ1v) is 7.49. The van der Waals surface area contributed by atoms with Crippen LogP contribution in [0.4, 0.5) is 0 Å². The molecule has 96 valence electrons. The van der Waals surface area contributed by atoms with E-state index >= 15 is 0 Å². The van der Waals surface area contributed by atoms with Crippen LogP contribution in [0, 0.1) is 11.3 Å². The van der Waals surface area contributed by atoms with Gasteiger partial charge in [0.2, 0.25) is 0 Å². The fourth-order valence-electron chi connectivity index (χ4n) is 2.82. The highest BCUT2D eigenvalue weighted by Gasteiger charge is 2.36. The summed E-state index contributed by atoms with van der Waals surface area (Å²) in [5.41, 5.74) is 1.97. The number of thiophene rings is 1. The number of nitriles is 1. The lowest BCUT2D eigenvalue weighted by molar-refractivity contribution is 0.365. The number of hydrogen-bond acceptors (Lipinski definition) is 3. The molecule has 1 aromatic heterocycles. The molecule has 0 fully saturated rings. The molecular formula is C16H16N2S. The molecule has 0 bridgehead atoms. The molecular weight excluding hydrogens is 252 g/mol. The molecule has 1 unspecified atom stereocenters. The Morgan fingerprint density at radius 2 is 2.16 bits per heavy atom. The molecule has 0 aliphatic heterocycles. The Morgan fingerprint density at radius 1 is 1.26 bits per heavy atom. The predicted molar refractivity (Wildman–Crippen MR) is 77.8 cm³/mol. The summed E-state index contributed by atoms with van der Waals surface area (Å²) in [6, 6.07) is 15.0. The van der Waals surface area contributed by atoms with Crippen LogP contribution in [-0.2, 0) is 18.5 Å². The van der Waals surface area contributed by atoms with Crippen LogP contribution in [0.5, 0.6) is 0 Å². The Kier molecular flexibility index (Phi) is 3.37. The Bertz CT molecular complexity index is 597. The van der Waals surface area contributed by atoms with Gasteiger partial charge in [0.1, 0.15) is 5.54 Å². The van der Waals surface area contributed by atoms with E-state index < -0.39 is 5.54 Å². The zero-order valence-corrected chi connectivity index (χ0v) is 11.5. The third kappa shape index (κ3) is 2.30. The molecule has 1 heterocycles. The summed E-state index contributed by atoms with van der Waals surface area (Å²) in [6.45, 7) is 0.763. The molecule has 1 atom stereocenters. The van der Waals surface area contributed by atoms with Crippen molar-refractivity contribution in [1.82, 2.24) is 5.32 Å². The van der Waals surface area contributed by atoms with Gasteiger partial charge in [0.05, 0.1) is 6.07 Å². The van der Waals surface area contributed by atoms with E-state index in [0.29, 0.717) is 0 Å². The van der Waals surface area contributed by atoms with Crippen molar-refractivity contribution in [3.8, 4) is 6.07 Å². The van der Waals surface area contributed by atoms with Crippen molar-refractivity contribution < 1.29 is 0 Å². The smallest absolute Gasteiger partial charge is 0.132 e. The summed E-state index contributed by atoms with van der Waals surface area (Å²) in [4.78, 5) is 1.28. The zero-order chi connectivity index (χ0) is 13.1. The molecule has 1 aliphatic carbocycles. The molecule has 0 radical (unpaired) electrons. The highest BCUT2D eigenvalue weighted by molar-refractivity contribution is 7.09. The van der Waals surface area contributed by atoms with Gasteiger partial charge in [0.15, 0.2) is 0 Å². The average Bonchev–Trinajstić information content (AvgIpc) is 2.98. The molecule has 2 nitrogen and oxygen atoms in total. The van der Waals surface area contributed by atoms with Crippen molar-refractivity contribution in [2.24, 2.45) is 0 Å². The van der Waals surface area contributed by atoms with Crippen LogP contribution in [-0.4, -0.2) is 0 Å². The first-order valence-electron chi connectivity index (χ1n) is 6.61. The van der Waals surface area contributed by atoms with Gasteiger partial charge in [-0.15, -0.1) is 11.3 Å². The number of fused-ring (bicyclic) bond motifs is 1. The first-order chi connectivity index (χ1) is 9.34. The third-order valence-corrected chi connectivity index (χ3v) is 4.69. The second-order valence-corrected chi connectivity index (χ2v) is 5.99. The quantitative estimate of drug-likeness (QED) is 0.923. The highest BCUT2D eigenvalue weighted by Crippen LogP contribution is 2.35. The predicted octanol–water partition coefficient (Wildman–Crippen LogP) is 3.59. The molecule has 3 heteroatoms. The molecule has 0 saturated heterocycles. The normalized spacial score (nSPS) is 21.6. The van der Waals surface area contributed by atoms with E-state index in [-0.39, 0.29) is 0 Å². The lowest BCUT2D eigenvalue weighted by atomic mass is 9.77. The topological polar surface area (TPSA) is 35.8 Å². The molecule has 2 aromatic rings. The van der Waals surface area contributed by atoms with Crippen molar-refractivity contribution >= 4 is 11.3 Å². The van der Waals surface area contributed by atoms with Crippen molar-refractivity contribution in [2.45, 2.75) is 31.3 Å². The molecule has 0 spiro atoms. The maximum absolute atomic E-state index is 9.71. The van der Waals surface area contributed by atoms with E-state index in [1.54, 1.807) is 11.3 Å². The number of benzene rings is 1. The van der Waals surface area contributed by atoms with Gasteiger partial charge in [-0.3, -0.25) is 5.32 Å². The zero-order valence-electron chi connectivity index (χ0n) is 10.7. The minimum atomic E-state index is -0.515. The van der Waals surface area contributed by atoms with Gasteiger partial charge >= 0.3 is 0 Å². The van der Waals surface area contributed by atoms with Crippen LogP contribution in [0.15, 0.2) is 41.8 Å². The van der Waals surface area contributed by atoms with Crippen molar-refractivity contribution in [1.29, 1.82) is 5.26 Å². The van der Waals surface area contributed by atoms with Crippen LogP contribution in [0.2, 0.25) is 0 Å². The van der Waals surface area contributed by atoms with E-state index in [0.717, 1.165) is 25.8 Å². The molecule has 3 rings (SSSR count). The summed E-state index contributed by atoms with van der Waals surface area (Å²) in [5.74, 6) is 0. The number of hydrogen-bond donors (Lipinski definition) is 1. The Labute approximate surface area is 117 Å². The molecule has 19 heavy (non-hydrogen) atoms. The molecule has 0 amide bonds. The fraction of sp³-hybridized carbons (Fsp3) is 0.312. The monoisotopic (exact) mass is 268 g/mol. The van der Waals surface area contributed by atoms with E-state index in [9.17, 15) is 5.26 Å². The van der Waals surface area contributed by atoms with E-state index in [4.69, 9.17) is 0 Å².